The van der Waals surface area contributed by atoms with Gasteiger partial charge in [0.1, 0.15) is 0 Å². The Balaban J connectivity index is -0.0000000575. The molecule has 0 aliphatic rings. The summed E-state index contributed by atoms with van der Waals surface area (Å²) < 4.78 is 24.0. The summed E-state index contributed by atoms with van der Waals surface area (Å²) in [5.74, 6) is 0. The van der Waals surface area contributed by atoms with E-state index in [1.54, 1.807) is 0 Å². The Morgan fingerprint density at radius 1 is 1.50 bits per heavy atom. The smallest absolute Gasteiger partial charge is 0.282 e. The van der Waals surface area contributed by atoms with Crippen LogP contribution in [0.2, 0.25) is 0 Å². The van der Waals surface area contributed by atoms with E-state index in [4.69, 9.17) is 24.1 Å². The van der Waals surface area contributed by atoms with Gasteiger partial charge < -0.3 is 14.5 Å². The van der Waals surface area contributed by atoms with Crippen molar-refractivity contribution in [2.75, 3.05) is 0 Å². The van der Waals surface area contributed by atoms with Gasteiger partial charge in [-0.2, -0.15) is 0 Å². The van der Waals surface area contributed by atoms with Crippen molar-refractivity contribution in [3.8, 4) is 0 Å². The third-order valence-corrected chi connectivity index (χ3v) is 0. The van der Waals surface area contributed by atoms with Crippen molar-refractivity contribution >= 4 is 29.6 Å². The molecule has 0 amide bonds. The average molecular weight is 155 g/mol. The van der Waals surface area contributed by atoms with Crippen molar-refractivity contribution in [1.82, 2.24) is 0 Å². The van der Waals surface area contributed by atoms with E-state index in [9.17, 15) is 0 Å². The summed E-state index contributed by atoms with van der Waals surface area (Å²) in [7, 11) is -2.60. The Morgan fingerprint density at radius 2 is 1.50 bits per heavy atom. The summed E-state index contributed by atoms with van der Waals surface area (Å²) in [6, 6.07) is 0. The van der Waals surface area contributed by atoms with Crippen LogP contribution in [0.4, 0.5) is 0 Å². The first-order chi connectivity index (χ1) is 3.15. The first kappa shape index (κ1) is 15.8. The van der Waals surface area contributed by atoms with Crippen molar-refractivity contribution in [3.63, 3.8) is 0 Å². The molecule has 0 radical (unpaired) electrons. The SMILES string of the molecule is O=NO.[NaH].[O-][Cl+2]([O-])O. The molecule has 0 heterocycles. The first-order valence-electron chi connectivity index (χ1n) is 0.860. The van der Waals surface area contributed by atoms with Gasteiger partial charge in [0.25, 0.3) is 10.8 Å². The maximum absolute atomic E-state index is 8.52. The Labute approximate surface area is 69.8 Å². The second kappa shape index (κ2) is 15.6. The van der Waals surface area contributed by atoms with Crippen LogP contribution in [0.5, 0.6) is 0 Å². The van der Waals surface area contributed by atoms with E-state index in [1.807, 2.05) is 0 Å². The minimum Gasteiger partial charge on any atom is -0.321 e. The first-order valence-corrected chi connectivity index (χ1v) is 1.82. The molecule has 0 bridgehead atoms. The Kier molecular flexibility index (Phi) is 31.0. The van der Waals surface area contributed by atoms with Gasteiger partial charge in [0.2, 0.25) is 0 Å². The molecule has 0 fully saturated rings. The molecule has 0 aromatic carbocycles. The van der Waals surface area contributed by atoms with Crippen molar-refractivity contribution < 1.29 is 30.0 Å². The minimum atomic E-state index is -2.60. The molecule has 2 N–H and O–H groups in total. The number of halogens is 1. The summed E-state index contributed by atoms with van der Waals surface area (Å²) in [5.41, 5.74) is 0. The fourth-order valence-corrected chi connectivity index (χ4v) is 0. The van der Waals surface area contributed by atoms with Gasteiger partial charge >= 0.3 is 29.6 Å². The van der Waals surface area contributed by atoms with Gasteiger partial charge in [0, 0.05) is 4.66 Å². The summed E-state index contributed by atoms with van der Waals surface area (Å²) in [6.45, 7) is 0. The third kappa shape index (κ3) is 627. The van der Waals surface area contributed by atoms with Gasteiger partial charge in [-0.05, 0) is 0 Å². The van der Waals surface area contributed by atoms with Crippen LogP contribution >= 0.6 is 0 Å². The molecule has 8 heavy (non-hydrogen) atoms. The van der Waals surface area contributed by atoms with Crippen molar-refractivity contribution in [2.24, 2.45) is 5.34 Å². The van der Waals surface area contributed by atoms with Crippen LogP contribution < -0.4 is 9.32 Å². The van der Waals surface area contributed by atoms with Crippen LogP contribution in [-0.4, -0.2) is 39.4 Å². The minimum absolute atomic E-state index is 0. The molecular weight excluding hydrogens is 152 g/mol. The van der Waals surface area contributed by atoms with Crippen molar-refractivity contribution in [1.29, 1.82) is 0 Å². The van der Waals surface area contributed by atoms with E-state index in [0.717, 1.165) is 0 Å². The molecular formula is H3ClNNaO5. The van der Waals surface area contributed by atoms with E-state index >= 15 is 0 Å². The van der Waals surface area contributed by atoms with E-state index in [-0.39, 0.29) is 29.6 Å². The monoisotopic (exact) mass is 155 g/mol. The molecule has 0 saturated carbocycles. The van der Waals surface area contributed by atoms with Crippen molar-refractivity contribution in [2.45, 2.75) is 0 Å². The third-order valence-electron chi connectivity index (χ3n) is 0. The zero-order valence-corrected chi connectivity index (χ0v) is 3.70. The van der Waals surface area contributed by atoms with Gasteiger partial charge in [-0.15, -0.1) is 4.91 Å². The van der Waals surface area contributed by atoms with Crippen LogP contribution in [0.25, 0.3) is 0 Å². The van der Waals surface area contributed by atoms with Crippen LogP contribution in [0.1, 0.15) is 0 Å². The normalized spacial score (nSPS) is 6.00. The largest absolute Gasteiger partial charge is 0.321 e. The molecule has 0 atom stereocenters. The summed E-state index contributed by atoms with van der Waals surface area (Å²) in [5, 5.41) is 7.89. The number of hydrogen-bond acceptors (Lipinski definition) is 5. The molecule has 0 aromatic rings. The zero-order valence-electron chi connectivity index (χ0n) is 2.94. The molecule has 46 valence electrons. The molecule has 0 saturated heterocycles. The summed E-state index contributed by atoms with van der Waals surface area (Å²) in [6.07, 6.45) is 0. The van der Waals surface area contributed by atoms with Crippen LogP contribution in [0.15, 0.2) is 5.34 Å². The van der Waals surface area contributed by atoms with E-state index in [2.05, 4.69) is 0 Å². The van der Waals surface area contributed by atoms with Crippen LogP contribution in [-0.2, 0) is 0 Å². The second-order valence-electron chi connectivity index (χ2n) is 0.283. The predicted molar refractivity (Wildman–Crippen MR) is 16.9 cm³/mol. The van der Waals surface area contributed by atoms with Gasteiger partial charge in [0.05, 0.1) is 0 Å². The average Bonchev–Trinajstić information content (AvgIpc) is 1.33. The summed E-state index contributed by atoms with van der Waals surface area (Å²) >= 11 is 0. The van der Waals surface area contributed by atoms with Gasteiger partial charge in [-0.25, -0.2) is 0 Å². The zero-order chi connectivity index (χ0) is 6.28. The fourth-order valence-electron chi connectivity index (χ4n) is 0. The molecule has 0 rings (SSSR count). The Hall–Kier alpha value is 0.570. The second-order valence-corrected chi connectivity index (χ2v) is 0.685. The number of rotatable bonds is 0. The van der Waals surface area contributed by atoms with E-state index in [1.165, 1.54) is 5.34 Å². The van der Waals surface area contributed by atoms with Gasteiger partial charge in [0.15, 0.2) is 5.34 Å². The van der Waals surface area contributed by atoms with Crippen LogP contribution in [0, 0.1) is 15.7 Å². The predicted octanol–water partition coefficient (Wildman–Crippen LogP) is -3.44. The summed E-state index contributed by atoms with van der Waals surface area (Å²) in [4.78, 5) is 8.11. The maximum atomic E-state index is 8.52. The number of hydrogen-bond donors (Lipinski definition) is 2. The number of nitrogens with zero attached hydrogens (tertiary/aromatic N) is 1. The molecule has 0 aromatic heterocycles. The molecule has 0 aliphatic carbocycles. The Bertz CT molecular complexity index is 36.7. The molecule has 0 spiro atoms. The molecule has 0 unspecified atom stereocenters. The molecule has 8 heteroatoms. The Morgan fingerprint density at radius 3 is 1.50 bits per heavy atom. The van der Waals surface area contributed by atoms with Gasteiger partial charge in [-0.1, -0.05) is 0 Å². The quantitative estimate of drug-likeness (QED) is 0.214. The van der Waals surface area contributed by atoms with E-state index < -0.39 is 10.8 Å². The molecule has 0 aliphatic heterocycles. The maximum Gasteiger partial charge on any atom is 0.282 e. The standard InChI is InChI=1S/ClHO3.HNO2.Na.H/c2-1(3)4;2-1-3;;/h2H;(H,2,3);;. The molecule has 6 nitrogen and oxygen atoms in total. The van der Waals surface area contributed by atoms with Crippen LogP contribution in [0.3, 0.4) is 0 Å². The van der Waals surface area contributed by atoms with Crippen molar-refractivity contribution in [3.05, 3.63) is 4.91 Å². The van der Waals surface area contributed by atoms with Gasteiger partial charge in [-0.3, -0.25) is 0 Å². The topological polar surface area (TPSA) is 116 Å². The fraction of sp³-hybridized carbons (Fsp3) is 0. The van der Waals surface area contributed by atoms with E-state index in [0.29, 0.717) is 0 Å².